The summed E-state index contributed by atoms with van der Waals surface area (Å²) >= 11 is 0. The molecule has 27 heavy (non-hydrogen) atoms. The lowest BCUT2D eigenvalue weighted by atomic mass is 9.95. The van der Waals surface area contributed by atoms with E-state index >= 15 is 0 Å². The molecule has 1 amide bonds. The van der Waals surface area contributed by atoms with Crippen LogP contribution in [0.4, 0.5) is 0 Å². The Kier molecular flexibility index (Phi) is 4.33. The molecule has 1 saturated heterocycles. The number of carbonyl (C=O) groups is 1. The number of nitrogens with zero attached hydrogens (tertiary/aromatic N) is 6. The van der Waals surface area contributed by atoms with E-state index in [1.807, 2.05) is 43.1 Å². The molecule has 8 nitrogen and oxygen atoms in total. The van der Waals surface area contributed by atoms with Crippen molar-refractivity contribution in [1.29, 1.82) is 0 Å². The molecule has 142 valence electrons. The monoisotopic (exact) mass is 368 g/mol. The van der Waals surface area contributed by atoms with E-state index < -0.39 is 0 Å². The number of piperidine rings is 1. The topological polar surface area (TPSA) is 78.0 Å². The molecule has 1 fully saturated rings. The van der Waals surface area contributed by atoms with Crippen LogP contribution in [0.3, 0.4) is 0 Å². The maximum Gasteiger partial charge on any atom is 0.345 e. The highest BCUT2D eigenvalue weighted by molar-refractivity contribution is 6.04. The van der Waals surface area contributed by atoms with Gasteiger partial charge in [-0.3, -0.25) is 14.0 Å². The standard InChI is InChI=1S/C19H24N6O2/c1-4-25-17(21-23(3)19(25)27)13-9-11-24(12-10-13)18(26)16-14-7-5-6-8-15(14)22(2)20-16/h5-8,13H,4,9-12H2,1-3H3. The van der Waals surface area contributed by atoms with E-state index in [0.29, 0.717) is 25.3 Å². The number of aryl methyl sites for hydroxylation is 2. The zero-order valence-electron chi connectivity index (χ0n) is 15.9. The van der Waals surface area contributed by atoms with Gasteiger partial charge in [-0.2, -0.15) is 10.2 Å². The third kappa shape index (κ3) is 2.85. The van der Waals surface area contributed by atoms with Crippen LogP contribution in [-0.4, -0.2) is 48.0 Å². The lowest BCUT2D eigenvalue weighted by Gasteiger charge is -2.31. The number of carbonyl (C=O) groups excluding carboxylic acids is 1. The molecule has 0 saturated carbocycles. The van der Waals surface area contributed by atoms with Gasteiger partial charge in [0.2, 0.25) is 0 Å². The van der Waals surface area contributed by atoms with Gasteiger partial charge in [0.05, 0.1) is 5.52 Å². The maximum atomic E-state index is 13.0. The predicted molar refractivity (Wildman–Crippen MR) is 102 cm³/mol. The third-order valence-electron chi connectivity index (χ3n) is 5.46. The first-order valence-corrected chi connectivity index (χ1v) is 9.36. The summed E-state index contributed by atoms with van der Waals surface area (Å²) < 4.78 is 4.88. The van der Waals surface area contributed by atoms with Gasteiger partial charge in [-0.25, -0.2) is 9.48 Å². The Morgan fingerprint density at radius 3 is 2.52 bits per heavy atom. The second-order valence-corrected chi connectivity index (χ2v) is 7.06. The van der Waals surface area contributed by atoms with E-state index in [9.17, 15) is 9.59 Å². The van der Waals surface area contributed by atoms with Crippen molar-refractivity contribution < 1.29 is 4.79 Å². The van der Waals surface area contributed by atoms with E-state index in [1.54, 1.807) is 16.3 Å². The second-order valence-electron chi connectivity index (χ2n) is 7.06. The minimum Gasteiger partial charge on any atom is -0.337 e. The number of amides is 1. The maximum absolute atomic E-state index is 13.0. The fourth-order valence-electron chi connectivity index (χ4n) is 3.98. The van der Waals surface area contributed by atoms with Gasteiger partial charge in [0.1, 0.15) is 5.82 Å². The van der Waals surface area contributed by atoms with Crippen molar-refractivity contribution in [2.75, 3.05) is 13.1 Å². The number of para-hydroxylation sites is 1. The molecule has 1 aliphatic rings. The fourth-order valence-corrected chi connectivity index (χ4v) is 3.98. The number of hydrogen-bond donors (Lipinski definition) is 0. The summed E-state index contributed by atoms with van der Waals surface area (Å²) in [6.45, 7) is 3.85. The van der Waals surface area contributed by atoms with E-state index in [0.717, 1.165) is 29.6 Å². The van der Waals surface area contributed by atoms with Gasteiger partial charge in [-0.1, -0.05) is 18.2 Å². The van der Waals surface area contributed by atoms with Crippen LogP contribution in [0.5, 0.6) is 0 Å². The van der Waals surface area contributed by atoms with Gasteiger partial charge in [-0.05, 0) is 25.8 Å². The lowest BCUT2D eigenvalue weighted by Crippen LogP contribution is -2.39. The summed E-state index contributed by atoms with van der Waals surface area (Å²) in [5.41, 5.74) is 1.39. The number of aromatic nitrogens is 5. The third-order valence-corrected chi connectivity index (χ3v) is 5.46. The summed E-state index contributed by atoms with van der Waals surface area (Å²) in [7, 11) is 3.54. The molecular weight excluding hydrogens is 344 g/mol. The van der Waals surface area contributed by atoms with Crippen molar-refractivity contribution in [3.63, 3.8) is 0 Å². The van der Waals surface area contributed by atoms with Crippen molar-refractivity contribution in [3.05, 3.63) is 46.3 Å². The molecule has 0 spiro atoms. The van der Waals surface area contributed by atoms with Crippen LogP contribution in [0.25, 0.3) is 10.9 Å². The number of rotatable bonds is 3. The SMILES string of the molecule is CCn1c(C2CCN(C(=O)c3nn(C)c4ccccc34)CC2)nn(C)c1=O. The highest BCUT2D eigenvalue weighted by atomic mass is 16.2. The molecule has 0 aliphatic carbocycles. The average Bonchev–Trinajstić information content (AvgIpc) is 3.18. The summed E-state index contributed by atoms with van der Waals surface area (Å²) in [6.07, 6.45) is 1.60. The second kappa shape index (κ2) is 6.68. The molecule has 0 N–H and O–H groups in total. The predicted octanol–water partition coefficient (Wildman–Crippen LogP) is 1.51. The number of benzene rings is 1. The quantitative estimate of drug-likeness (QED) is 0.702. The Morgan fingerprint density at radius 2 is 1.81 bits per heavy atom. The molecule has 0 unspecified atom stereocenters. The van der Waals surface area contributed by atoms with E-state index in [2.05, 4.69) is 10.2 Å². The fraction of sp³-hybridized carbons (Fsp3) is 0.474. The van der Waals surface area contributed by atoms with Gasteiger partial charge in [0.25, 0.3) is 5.91 Å². The molecule has 0 radical (unpaired) electrons. The van der Waals surface area contributed by atoms with E-state index in [-0.39, 0.29) is 17.5 Å². The van der Waals surface area contributed by atoms with Crippen molar-refractivity contribution in [3.8, 4) is 0 Å². The molecule has 2 aromatic heterocycles. The lowest BCUT2D eigenvalue weighted by molar-refractivity contribution is 0.0705. The van der Waals surface area contributed by atoms with Gasteiger partial charge >= 0.3 is 5.69 Å². The number of hydrogen-bond acceptors (Lipinski definition) is 4. The molecule has 1 aliphatic heterocycles. The van der Waals surface area contributed by atoms with Crippen LogP contribution in [0.15, 0.2) is 29.1 Å². The normalized spacial score (nSPS) is 15.6. The average molecular weight is 368 g/mol. The first-order valence-electron chi connectivity index (χ1n) is 9.36. The Labute approximate surface area is 157 Å². The Hall–Kier alpha value is -2.90. The summed E-state index contributed by atoms with van der Waals surface area (Å²) in [5, 5.41) is 9.76. The van der Waals surface area contributed by atoms with Crippen LogP contribution in [0.1, 0.15) is 42.0 Å². The molecule has 0 bridgehead atoms. The zero-order valence-corrected chi connectivity index (χ0v) is 15.9. The Morgan fingerprint density at radius 1 is 1.11 bits per heavy atom. The van der Waals surface area contributed by atoms with Crippen LogP contribution in [0, 0.1) is 0 Å². The zero-order chi connectivity index (χ0) is 19.1. The van der Waals surface area contributed by atoms with Gasteiger partial charge in [0, 0.05) is 45.0 Å². The Bertz CT molecular complexity index is 1050. The summed E-state index contributed by atoms with van der Waals surface area (Å²) in [4.78, 5) is 27.0. The first kappa shape index (κ1) is 17.5. The summed E-state index contributed by atoms with van der Waals surface area (Å²) in [6, 6.07) is 7.79. The molecular formula is C19H24N6O2. The van der Waals surface area contributed by atoms with Gasteiger partial charge < -0.3 is 4.90 Å². The molecule has 1 aromatic carbocycles. The number of fused-ring (bicyclic) bond motifs is 1. The van der Waals surface area contributed by atoms with Crippen molar-refractivity contribution in [2.45, 2.75) is 32.2 Å². The molecule has 3 aromatic rings. The smallest absolute Gasteiger partial charge is 0.337 e. The first-order chi connectivity index (χ1) is 13.0. The number of likely N-dealkylation sites (tertiary alicyclic amines) is 1. The summed E-state index contributed by atoms with van der Waals surface area (Å²) in [5.74, 6) is 1.00. The molecule has 8 heteroatoms. The highest BCUT2D eigenvalue weighted by Gasteiger charge is 2.30. The van der Waals surface area contributed by atoms with E-state index in [4.69, 9.17) is 0 Å². The molecule has 4 rings (SSSR count). The molecule has 3 heterocycles. The van der Waals surface area contributed by atoms with Crippen LogP contribution in [-0.2, 0) is 20.6 Å². The van der Waals surface area contributed by atoms with Crippen molar-refractivity contribution in [2.24, 2.45) is 14.1 Å². The minimum absolute atomic E-state index is 0.0286. The van der Waals surface area contributed by atoms with Gasteiger partial charge in [0.15, 0.2) is 5.69 Å². The van der Waals surface area contributed by atoms with Crippen LogP contribution < -0.4 is 5.69 Å². The molecule has 0 atom stereocenters. The van der Waals surface area contributed by atoms with Gasteiger partial charge in [-0.15, -0.1) is 0 Å². The van der Waals surface area contributed by atoms with E-state index in [1.165, 1.54) is 4.68 Å². The Balaban J connectivity index is 1.53. The van der Waals surface area contributed by atoms with Crippen LogP contribution >= 0.6 is 0 Å². The van der Waals surface area contributed by atoms with Crippen molar-refractivity contribution in [1.82, 2.24) is 29.0 Å². The van der Waals surface area contributed by atoms with Crippen LogP contribution in [0.2, 0.25) is 0 Å². The van der Waals surface area contributed by atoms with Crippen molar-refractivity contribution >= 4 is 16.8 Å². The highest BCUT2D eigenvalue weighted by Crippen LogP contribution is 2.28. The largest absolute Gasteiger partial charge is 0.345 e. The minimum atomic E-state index is -0.0778.